The van der Waals surface area contributed by atoms with Crippen LogP contribution in [0.1, 0.15) is 76.0 Å². The van der Waals surface area contributed by atoms with E-state index < -0.39 is 5.41 Å². The van der Waals surface area contributed by atoms with Crippen LogP contribution < -0.4 is 15.0 Å². The summed E-state index contributed by atoms with van der Waals surface area (Å²) in [5.41, 5.74) is 1.00. The SMILES string of the molecule is C[C@H](Oc1cc(N2CCNC[C@@]23CCOC3)nc(-c2noc3c2CCC[C@@]32CCCCC2=O)n1)[C@@H]1CCCN1C. The molecule has 2 aromatic rings. The zero-order valence-electron chi connectivity index (χ0n) is 23.9. The average molecular weight is 551 g/mol. The number of carbonyl (C=O) groups excluding carboxylic acids is 1. The van der Waals surface area contributed by atoms with Crippen LogP contribution in [0.2, 0.25) is 0 Å². The van der Waals surface area contributed by atoms with Crippen molar-refractivity contribution < 1.29 is 18.8 Å². The molecule has 0 aromatic carbocycles. The third kappa shape index (κ3) is 4.34. The van der Waals surface area contributed by atoms with Gasteiger partial charge in [0, 0.05) is 50.3 Å². The highest BCUT2D eigenvalue weighted by atomic mass is 16.5. The molecule has 5 heterocycles. The molecule has 0 radical (unpaired) electrons. The minimum absolute atomic E-state index is 0.00995. The Labute approximate surface area is 236 Å². The van der Waals surface area contributed by atoms with Crippen molar-refractivity contribution in [2.45, 2.75) is 94.2 Å². The molecule has 3 saturated heterocycles. The van der Waals surface area contributed by atoms with Gasteiger partial charge in [-0.25, -0.2) is 4.98 Å². The zero-order chi connectivity index (χ0) is 27.3. The molecule has 4 atom stereocenters. The molecule has 2 aromatic heterocycles. The predicted molar refractivity (Wildman–Crippen MR) is 150 cm³/mol. The summed E-state index contributed by atoms with van der Waals surface area (Å²) in [6.07, 6.45) is 9.33. The van der Waals surface area contributed by atoms with Gasteiger partial charge in [-0.3, -0.25) is 9.69 Å². The van der Waals surface area contributed by atoms with Gasteiger partial charge in [-0.1, -0.05) is 11.6 Å². The maximum Gasteiger partial charge on any atom is 0.219 e. The van der Waals surface area contributed by atoms with Crippen molar-refractivity contribution in [3.63, 3.8) is 0 Å². The van der Waals surface area contributed by atoms with E-state index in [2.05, 4.69) is 34.2 Å². The van der Waals surface area contributed by atoms with Gasteiger partial charge in [0.25, 0.3) is 0 Å². The molecular formula is C30H42N6O4. The number of piperazine rings is 1. The standard InChI is InChI=1S/C30H42N6O4/c1-20(22-8-6-14-35(22)2)39-25-17-24(36-15-13-31-18-29(36)12-16-38-19-29)32-28(33-25)26-21-7-5-11-30(27(21)40-34-26)10-4-3-9-23(30)37/h17,20,22,31H,3-16,18-19H2,1-2H3/t20-,22-,29+,30+/m0/s1. The quantitative estimate of drug-likeness (QED) is 0.596. The molecule has 0 unspecified atom stereocenters. The number of fused-ring (bicyclic) bond motifs is 2. The first-order chi connectivity index (χ1) is 19.5. The van der Waals surface area contributed by atoms with Gasteiger partial charge in [0.1, 0.15) is 17.7 Å². The highest BCUT2D eigenvalue weighted by Crippen LogP contribution is 2.48. The van der Waals surface area contributed by atoms with Gasteiger partial charge in [-0.2, -0.15) is 4.98 Å². The Morgan fingerprint density at radius 3 is 2.83 bits per heavy atom. The van der Waals surface area contributed by atoms with Crippen molar-refractivity contribution in [1.82, 2.24) is 25.3 Å². The van der Waals surface area contributed by atoms with Crippen LogP contribution in [-0.2, 0) is 21.4 Å². The first kappa shape index (κ1) is 26.3. The topological polar surface area (TPSA) is 106 Å². The van der Waals surface area contributed by atoms with E-state index in [1.807, 2.05) is 6.07 Å². The molecule has 4 fully saturated rings. The molecule has 1 N–H and O–H groups in total. The molecule has 0 amide bonds. The molecule has 0 bridgehead atoms. The number of aromatic nitrogens is 3. The first-order valence-corrected chi connectivity index (χ1v) is 15.3. The zero-order valence-corrected chi connectivity index (χ0v) is 23.9. The van der Waals surface area contributed by atoms with Crippen molar-refractivity contribution >= 4 is 11.6 Å². The monoisotopic (exact) mass is 550 g/mol. The molecular weight excluding hydrogens is 508 g/mol. The number of ether oxygens (including phenoxy) is 2. The van der Waals surface area contributed by atoms with Gasteiger partial charge in [-0.15, -0.1) is 0 Å². The summed E-state index contributed by atoms with van der Waals surface area (Å²) in [6.45, 7) is 7.21. The van der Waals surface area contributed by atoms with Gasteiger partial charge in [0.15, 0.2) is 17.3 Å². The van der Waals surface area contributed by atoms with Crippen LogP contribution in [-0.4, -0.2) is 89.9 Å². The Hall–Kier alpha value is -2.56. The first-order valence-electron chi connectivity index (χ1n) is 15.3. The number of hydrogen-bond donors (Lipinski definition) is 1. The third-order valence-electron chi connectivity index (χ3n) is 10.3. The van der Waals surface area contributed by atoms with E-state index in [9.17, 15) is 4.79 Å². The second-order valence-corrected chi connectivity index (χ2v) is 12.7. The fraction of sp³-hybridized carbons (Fsp3) is 0.733. The number of rotatable bonds is 5. The number of nitrogens with one attached hydrogen (secondary N) is 1. The minimum Gasteiger partial charge on any atom is -0.473 e. The lowest BCUT2D eigenvalue weighted by atomic mass is 9.64. The molecule has 7 rings (SSSR count). The van der Waals surface area contributed by atoms with Gasteiger partial charge >= 0.3 is 0 Å². The van der Waals surface area contributed by atoms with Crippen molar-refractivity contribution in [3.8, 4) is 17.4 Å². The van der Waals surface area contributed by atoms with E-state index in [4.69, 9.17) is 24.0 Å². The van der Waals surface area contributed by atoms with Gasteiger partial charge in [0.2, 0.25) is 5.88 Å². The minimum atomic E-state index is -0.528. The molecule has 3 aliphatic heterocycles. The van der Waals surface area contributed by atoms with E-state index in [0.29, 0.717) is 42.3 Å². The molecule has 1 saturated carbocycles. The summed E-state index contributed by atoms with van der Waals surface area (Å²) < 4.78 is 18.5. The smallest absolute Gasteiger partial charge is 0.219 e. The molecule has 40 heavy (non-hydrogen) atoms. The van der Waals surface area contributed by atoms with E-state index >= 15 is 0 Å². The fourth-order valence-corrected chi connectivity index (χ4v) is 8.04. The number of anilines is 1. The summed E-state index contributed by atoms with van der Waals surface area (Å²) in [6, 6.07) is 2.35. The Kier molecular flexibility index (Phi) is 6.83. The van der Waals surface area contributed by atoms with Crippen molar-refractivity contribution in [1.29, 1.82) is 0 Å². The Balaban J connectivity index is 1.30. The summed E-state index contributed by atoms with van der Waals surface area (Å²) in [5, 5.41) is 8.13. The lowest BCUT2D eigenvalue weighted by Crippen LogP contribution is -2.62. The van der Waals surface area contributed by atoms with Crippen LogP contribution in [0, 0.1) is 0 Å². The van der Waals surface area contributed by atoms with Crippen LogP contribution >= 0.6 is 0 Å². The summed E-state index contributed by atoms with van der Waals surface area (Å²) >= 11 is 0. The lowest BCUT2D eigenvalue weighted by Gasteiger charge is -2.45. The number of Topliss-reactive ketones (excluding diaryl/α,β-unsaturated/α-hetero) is 1. The molecule has 216 valence electrons. The van der Waals surface area contributed by atoms with E-state index in [1.54, 1.807) is 0 Å². The van der Waals surface area contributed by atoms with Gasteiger partial charge in [-0.05, 0) is 71.9 Å². The van der Waals surface area contributed by atoms with Crippen molar-refractivity contribution in [2.24, 2.45) is 0 Å². The number of ketones is 1. The number of carbonyl (C=O) groups is 1. The summed E-state index contributed by atoms with van der Waals surface area (Å²) in [4.78, 5) is 28.1. The molecule has 10 nitrogen and oxygen atoms in total. The average Bonchev–Trinajstić information content (AvgIpc) is 3.71. The molecule has 10 heteroatoms. The summed E-state index contributed by atoms with van der Waals surface area (Å²) in [5.74, 6) is 3.00. The van der Waals surface area contributed by atoms with E-state index in [0.717, 1.165) is 101 Å². The van der Waals surface area contributed by atoms with Crippen molar-refractivity contribution in [2.75, 3.05) is 51.3 Å². The number of likely N-dealkylation sites (N-methyl/N-ethyl adjacent to an activating group) is 1. The highest BCUT2D eigenvalue weighted by molar-refractivity contribution is 5.91. The maximum absolute atomic E-state index is 13.2. The number of likely N-dealkylation sites (tertiary alicyclic amines) is 1. The second-order valence-electron chi connectivity index (χ2n) is 12.7. The number of nitrogens with zero attached hydrogens (tertiary/aromatic N) is 5. The second kappa shape index (κ2) is 10.4. The van der Waals surface area contributed by atoms with Gasteiger partial charge < -0.3 is 24.2 Å². The van der Waals surface area contributed by atoms with Crippen molar-refractivity contribution in [3.05, 3.63) is 17.4 Å². The summed E-state index contributed by atoms with van der Waals surface area (Å²) in [7, 11) is 2.17. The normalized spacial score (nSPS) is 31.7. The largest absolute Gasteiger partial charge is 0.473 e. The van der Waals surface area contributed by atoms with Crippen LogP contribution in [0.25, 0.3) is 11.5 Å². The fourth-order valence-electron chi connectivity index (χ4n) is 8.04. The van der Waals surface area contributed by atoms with E-state index in [1.165, 1.54) is 6.42 Å². The van der Waals surface area contributed by atoms with Gasteiger partial charge in [0.05, 0.1) is 17.6 Å². The van der Waals surface area contributed by atoms with Crippen LogP contribution in [0.15, 0.2) is 10.6 Å². The predicted octanol–water partition coefficient (Wildman–Crippen LogP) is 3.28. The lowest BCUT2D eigenvalue weighted by molar-refractivity contribution is -0.128. The Bertz CT molecular complexity index is 1260. The third-order valence-corrected chi connectivity index (χ3v) is 10.3. The highest BCUT2D eigenvalue weighted by Gasteiger charge is 2.49. The Morgan fingerprint density at radius 1 is 1.12 bits per heavy atom. The molecule has 2 spiro atoms. The molecule has 5 aliphatic rings. The van der Waals surface area contributed by atoms with Crippen LogP contribution in [0.3, 0.4) is 0 Å². The molecule has 2 aliphatic carbocycles. The van der Waals surface area contributed by atoms with E-state index in [-0.39, 0.29) is 11.6 Å². The van der Waals surface area contributed by atoms with Crippen LogP contribution in [0.5, 0.6) is 5.88 Å². The Morgan fingerprint density at radius 2 is 2.02 bits per heavy atom. The maximum atomic E-state index is 13.2. The van der Waals surface area contributed by atoms with Crippen LogP contribution in [0.4, 0.5) is 5.82 Å². The number of hydrogen-bond acceptors (Lipinski definition) is 10.